The smallest absolute Gasteiger partial charge is 0.335 e. The molecule has 0 spiro atoms. The Morgan fingerprint density at radius 1 is 1.09 bits per heavy atom. The van der Waals surface area contributed by atoms with Crippen molar-refractivity contribution < 1.29 is 19.1 Å². The molecule has 0 aliphatic rings. The number of fused-ring (bicyclic) bond motifs is 3. The van der Waals surface area contributed by atoms with Crippen LogP contribution in [0.4, 0.5) is 0 Å². The zero-order valence-corrected chi connectivity index (χ0v) is 19.0. The van der Waals surface area contributed by atoms with Gasteiger partial charge in [0.05, 0.1) is 28.9 Å². The van der Waals surface area contributed by atoms with Gasteiger partial charge in [-0.15, -0.1) is 0 Å². The molecule has 0 unspecified atom stereocenters. The largest absolute Gasteiger partial charge is 0.478 e. The summed E-state index contributed by atoms with van der Waals surface area (Å²) in [6, 6.07) is 19.4. The number of rotatable bonds is 6. The zero-order valence-electron chi connectivity index (χ0n) is 18.3. The topological polar surface area (TPSA) is 84.5 Å². The van der Waals surface area contributed by atoms with E-state index in [0.29, 0.717) is 17.1 Å². The molecular weight excluding hydrogens is 452 g/mol. The van der Waals surface area contributed by atoms with Gasteiger partial charge in [-0.1, -0.05) is 35.9 Å². The highest BCUT2D eigenvalue weighted by atomic mass is 35.5. The Kier molecular flexibility index (Phi) is 5.59. The van der Waals surface area contributed by atoms with Crippen LogP contribution in [-0.4, -0.2) is 21.6 Å². The first-order valence-corrected chi connectivity index (χ1v) is 11.2. The van der Waals surface area contributed by atoms with Gasteiger partial charge in [0.25, 0.3) is 5.91 Å². The highest BCUT2D eigenvalue weighted by Crippen LogP contribution is 2.31. The minimum Gasteiger partial charge on any atom is -0.478 e. The van der Waals surface area contributed by atoms with E-state index in [0.717, 1.165) is 33.0 Å². The van der Waals surface area contributed by atoms with Crippen molar-refractivity contribution in [3.8, 4) is 0 Å². The standard InChI is InChI=1S/C27H21ClN2O4/c1-16(18-5-7-19(8-6-18)27(32)33)29-26(31)23-14-20-10-12-34-25(20)22-9-11-30(24(22)23)15-17-3-2-4-21(28)13-17/h2-14,16H,15H2,1H3,(H,29,31)(H,32,33)/t16-/m0/s1. The summed E-state index contributed by atoms with van der Waals surface area (Å²) in [6.45, 7) is 2.41. The first-order valence-electron chi connectivity index (χ1n) is 10.8. The quantitative estimate of drug-likeness (QED) is 0.304. The molecule has 2 heterocycles. The third-order valence-electron chi connectivity index (χ3n) is 5.95. The third-order valence-corrected chi connectivity index (χ3v) is 6.19. The van der Waals surface area contributed by atoms with Gasteiger partial charge in [0.1, 0.15) is 5.58 Å². The highest BCUT2D eigenvalue weighted by molar-refractivity contribution is 6.30. The van der Waals surface area contributed by atoms with Crippen molar-refractivity contribution in [3.05, 3.63) is 106 Å². The van der Waals surface area contributed by atoms with Crippen molar-refractivity contribution in [1.82, 2.24) is 9.88 Å². The maximum atomic E-state index is 13.5. The van der Waals surface area contributed by atoms with Crippen LogP contribution in [0.3, 0.4) is 0 Å². The molecule has 7 heteroatoms. The molecule has 0 radical (unpaired) electrons. The fraction of sp³-hybridized carbons (Fsp3) is 0.111. The molecule has 1 atom stereocenters. The number of benzene rings is 3. The number of hydrogen-bond donors (Lipinski definition) is 2. The van der Waals surface area contributed by atoms with Crippen molar-refractivity contribution >= 4 is 45.3 Å². The number of carbonyl (C=O) groups excluding carboxylic acids is 1. The minimum atomic E-state index is -0.987. The van der Waals surface area contributed by atoms with Crippen LogP contribution in [0.1, 0.15) is 44.8 Å². The molecule has 0 aliphatic carbocycles. The Morgan fingerprint density at radius 2 is 1.88 bits per heavy atom. The van der Waals surface area contributed by atoms with Crippen molar-refractivity contribution in [2.75, 3.05) is 0 Å². The molecule has 0 fully saturated rings. The molecule has 0 bridgehead atoms. The van der Waals surface area contributed by atoms with Gasteiger partial charge in [-0.25, -0.2) is 4.79 Å². The van der Waals surface area contributed by atoms with E-state index in [-0.39, 0.29) is 17.5 Å². The molecule has 6 nitrogen and oxygen atoms in total. The van der Waals surface area contributed by atoms with Gasteiger partial charge in [-0.3, -0.25) is 4.79 Å². The van der Waals surface area contributed by atoms with Crippen LogP contribution >= 0.6 is 11.6 Å². The normalized spacial score (nSPS) is 12.2. The van der Waals surface area contributed by atoms with Crippen molar-refractivity contribution in [1.29, 1.82) is 0 Å². The molecular formula is C27H21ClN2O4. The molecule has 0 aliphatic heterocycles. The van der Waals surface area contributed by atoms with Gasteiger partial charge in [0.15, 0.2) is 0 Å². The average molecular weight is 473 g/mol. The molecule has 5 aromatic rings. The van der Waals surface area contributed by atoms with E-state index in [1.165, 1.54) is 12.1 Å². The van der Waals surface area contributed by atoms with Crippen molar-refractivity contribution in [3.63, 3.8) is 0 Å². The summed E-state index contributed by atoms with van der Waals surface area (Å²) in [5, 5.41) is 14.5. The predicted octanol–water partition coefficient (Wildman–Crippen LogP) is 6.28. The lowest BCUT2D eigenvalue weighted by Crippen LogP contribution is -2.27. The van der Waals surface area contributed by atoms with Gasteiger partial charge in [-0.05, 0) is 60.5 Å². The van der Waals surface area contributed by atoms with Gasteiger partial charge < -0.3 is 19.4 Å². The van der Waals surface area contributed by atoms with Crippen LogP contribution in [0.2, 0.25) is 5.02 Å². The Balaban J connectivity index is 1.52. The van der Waals surface area contributed by atoms with Crippen LogP contribution in [0.25, 0.3) is 21.9 Å². The SMILES string of the molecule is C[C@H](NC(=O)c1cc2ccoc2c2ccn(Cc3cccc(Cl)c3)c12)c1ccc(C(=O)O)cc1. The van der Waals surface area contributed by atoms with E-state index in [2.05, 4.69) is 5.32 Å². The number of halogens is 1. The van der Waals surface area contributed by atoms with Gasteiger partial charge >= 0.3 is 5.97 Å². The maximum Gasteiger partial charge on any atom is 0.335 e. The number of hydrogen-bond acceptors (Lipinski definition) is 3. The average Bonchev–Trinajstić information content (AvgIpc) is 3.45. The summed E-state index contributed by atoms with van der Waals surface area (Å²) in [7, 11) is 0. The summed E-state index contributed by atoms with van der Waals surface area (Å²) in [5.74, 6) is -1.21. The van der Waals surface area contributed by atoms with E-state index in [1.54, 1.807) is 18.4 Å². The number of amides is 1. The molecule has 170 valence electrons. The number of nitrogens with one attached hydrogen (secondary N) is 1. The van der Waals surface area contributed by atoms with Gasteiger partial charge in [0, 0.05) is 28.5 Å². The van der Waals surface area contributed by atoms with Crippen molar-refractivity contribution in [2.45, 2.75) is 19.5 Å². The monoisotopic (exact) mass is 472 g/mol. The summed E-state index contributed by atoms with van der Waals surface area (Å²) in [5.41, 5.74) is 4.07. The predicted molar refractivity (Wildman–Crippen MR) is 132 cm³/mol. The summed E-state index contributed by atoms with van der Waals surface area (Å²) in [6.07, 6.45) is 3.56. The number of aromatic carboxylic acids is 1. The number of carboxylic acids is 1. The third kappa shape index (κ3) is 4.04. The fourth-order valence-electron chi connectivity index (χ4n) is 4.24. The molecule has 0 saturated heterocycles. The Labute approximate surface area is 200 Å². The second kappa shape index (κ2) is 8.72. The second-order valence-corrected chi connectivity index (χ2v) is 8.66. The molecule has 5 rings (SSSR count). The van der Waals surface area contributed by atoms with Crippen LogP contribution < -0.4 is 5.32 Å². The van der Waals surface area contributed by atoms with Gasteiger partial charge in [-0.2, -0.15) is 0 Å². The number of carbonyl (C=O) groups is 2. The van der Waals surface area contributed by atoms with E-state index < -0.39 is 5.97 Å². The van der Waals surface area contributed by atoms with Crippen LogP contribution in [-0.2, 0) is 6.54 Å². The van der Waals surface area contributed by atoms with Crippen molar-refractivity contribution in [2.24, 2.45) is 0 Å². The molecule has 0 saturated carbocycles. The second-order valence-electron chi connectivity index (χ2n) is 8.22. The molecule has 34 heavy (non-hydrogen) atoms. The highest BCUT2D eigenvalue weighted by Gasteiger charge is 2.20. The minimum absolute atomic E-state index is 0.202. The Morgan fingerprint density at radius 3 is 2.62 bits per heavy atom. The summed E-state index contributed by atoms with van der Waals surface area (Å²) in [4.78, 5) is 24.6. The maximum absolute atomic E-state index is 13.5. The summed E-state index contributed by atoms with van der Waals surface area (Å²) >= 11 is 6.17. The fourth-order valence-corrected chi connectivity index (χ4v) is 4.45. The first-order chi connectivity index (χ1) is 16.4. The lowest BCUT2D eigenvalue weighted by molar-refractivity contribution is 0.0696. The summed E-state index contributed by atoms with van der Waals surface area (Å²) < 4.78 is 7.73. The molecule has 2 aromatic heterocycles. The van der Waals surface area contributed by atoms with E-state index >= 15 is 0 Å². The number of nitrogens with zero attached hydrogens (tertiary/aromatic N) is 1. The zero-order chi connectivity index (χ0) is 23.8. The van der Waals surface area contributed by atoms with E-state index in [4.69, 9.17) is 21.1 Å². The van der Waals surface area contributed by atoms with E-state index in [1.807, 2.05) is 60.2 Å². The first kappa shape index (κ1) is 21.8. The van der Waals surface area contributed by atoms with Crippen LogP contribution in [0.15, 0.2) is 83.6 Å². The molecule has 2 N–H and O–H groups in total. The lowest BCUT2D eigenvalue weighted by Gasteiger charge is -2.16. The Bertz CT molecular complexity index is 1530. The number of aromatic nitrogens is 1. The van der Waals surface area contributed by atoms with E-state index in [9.17, 15) is 9.59 Å². The van der Waals surface area contributed by atoms with Crippen LogP contribution in [0.5, 0.6) is 0 Å². The Hall–Kier alpha value is -4.03. The molecule has 3 aromatic carbocycles. The lowest BCUT2D eigenvalue weighted by atomic mass is 10.0. The van der Waals surface area contributed by atoms with Gasteiger partial charge in [0.2, 0.25) is 0 Å². The number of furan rings is 1. The number of carboxylic acid groups (broad SMARTS) is 1. The molecule has 1 amide bonds. The van der Waals surface area contributed by atoms with Crippen LogP contribution in [0, 0.1) is 0 Å².